The number of nitrogens with zero attached hydrogens (tertiary/aromatic N) is 1. The monoisotopic (exact) mass is 417 g/mol. The molecule has 0 radical (unpaired) electrons. The quantitative estimate of drug-likeness (QED) is 0.729. The van der Waals surface area contributed by atoms with Gasteiger partial charge in [-0.25, -0.2) is 8.42 Å². The van der Waals surface area contributed by atoms with Gasteiger partial charge < -0.3 is 4.74 Å². The molecule has 0 bridgehead atoms. The number of hydrogen-bond acceptors (Lipinski definition) is 3. The van der Waals surface area contributed by atoms with Gasteiger partial charge >= 0.3 is 0 Å². The Morgan fingerprint density at radius 3 is 2.52 bits per heavy atom. The third-order valence-electron chi connectivity index (χ3n) is 3.41. The van der Waals surface area contributed by atoms with Crippen LogP contribution in [0.5, 0.6) is 5.75 Å². The summed E-state index contributed by atoms with van der Waals surface area (Å²) in [6.45, 7) is 2.14. The highest BCUT2D eigenvalue weighted by Gasteiger charge is 2.24. The van der Waals surface area contributed by atoms with Crippen molar-refractivity contribution < 1.29 is 13.2 Å². The summed E-state index contributed by atoms with van der Waals surface area (Å²) in [5.74, 6) is 0.652. The van der Waals surface area contributed by atoms with E-state index in [4.69, 9.17) is 16.3 Å². The first-order valence-electron chi connectivity index (χ1n) is 6.80. The number of aryl methyl sites for hydroxylation is 1. The standard InChI is InChI=1S/C16H17BrClNO3S/c1-11-4-6-15(22-3)12(8-11)10-19(2)23(20,21)16-7-5-13(17)9-14(16)18/h4-9H,10H2,1-3H3. The molecular formula is C16H17BrClNO3S. The van der Waals surface area contributed by atoms with Gasteiger partial charge in [0.1, 0.15) is 10.6 Å². The first-order valence-corrected chi connectivity index (χ1v) is 9.41. The lowest BCUT2D eigenvalue weighted by molar-refractivity contribution is 0.398. The van der Waals surface area contributed by atoms with Crippen LogP contribution in [-0.2, 0) is 16.6 Å². The zero-order chi connectivity index (χ0) is 17.2. The van der Waals surface area contributed by atoms with Gasteiger partial charge in [-0.1, -0.05) is 45.2 Å². The first-order chi connectivity index (χ1) is 10.8. The van der Waals surface area contributed by atoms with Crippen molar-refractivity contribution in [2.75, 3.05) is 14.2 Å². The maximum Gasteiger partial charge on any atom is 0.244 e. The molecule has 2 rings (SSSR count). The van der Waals surface area contributed by atoms with E-state index in [0.29, 0.717) is 5.75 Å². The molecule has 0 N–H and O–H groups in total. The van der Waals surface area contributed by atoms with Crippen LogP contribution in [0.25, 0.3) is 0 Å². The minimum absolute atomic E-state index is 0.0801. The highest BCUT2D eigenvalue weighted by Crippen LogP contribution is 2.29. The zero-order valence-corrected chi connectivity index (χ0v) is 16.2. The molecule has 2 aromatic carbocycles. The zero-order valence-electron chi connectivity index (χ0n) is 13.0. The average Bonchev–Trinajstić information content (AvgIpc) is 2.47. The lowest BCUT2D eigenvalue weighted by Crippen LogP contribution is -2.27. The summed E-state index contributed by atoms with van der Waals surface area (Å²) >= 11 is 9.36. The van der Waals surface area contributed by atoms with Crippen LogP contribution in [-0.4, -0.2) is 26.9 Å². The molecule has 23 heavy (non-hydrogen) atoms. The number of hydrogen-bond donors (Lipinski definition) is 0. The number of methoxy groups -OCH3 is 1. The van der Waals surface area contributed by atoms with Gasteiger partial charge in [0, 0.05) is 23.6 Å². The number of ether oxygens (including phenoxy) is 1. The predicted molar refractivity (Wildman–Crippen MR) is 95.5 cm³/mol. The van der Waals surface area contributed by atoms with Gasteiger partial charge in [0.25, 0.3) is 0 Å². The molecule has 0 aliphatic carbocycles. The van der Waals surface area contributed by atoms with Gasteiger partial charge in [0.05, 0.1) is 12.1 Å². The molecular weight excluding hydrogens is 402 g/mol. The molecule has 0 heterocycles. The number of rotatable bonds is 5. The summed E-state index contributed by atoms with van der Waals surface area (Å²) in [4.78, 5) is 0.0801. The van der Waals surface area contributed by atoms with Crippen molar-refractivity contribution in [2.24, 2.45) is 0 Å². The molecule has 0 fully saturated rings. The predicted octanol–water partition coefficient (Wildman–Crippen LogP) is 4.24. The van der Waals surface area contributed by atoms with Crippen LogP contribution in [0.2, 0.25) is 5.02 Å². The van der Waals surface area contributed by atoms with Crippen LogP contribution in [0.15, 0.2) is 45.8 Å². The highest BCUT2D eigenvalue weighted by molar-refractivity contribution is 9.10. The van der Waals surface area contributed by atoms with Crippen molar-refractivity contribution in [1.29, 1.82) is 0 Å². The molecule has 0 atom stereocenters. The van der Waals surface area contributed by atoms with Crippen LogP contribution < -0.4 is 4.74 Å². The lowest BCUT2D eigenvalue weighted by atomic mass is 10.1. The SMILES string of the molecule is COc1ccc(C)cc1CN(C)S(=O)(=O)c1ccc(Br)cc1Cl. The van der Waals surface area contributed by atoms with Gasteiger partial charge in [-0.2, -0.15) is 4.31 Å². The van der Waals surface area contributed by atoms with E-state index in [1.54, 1.807) is 19.2 Å². The van der Waals surface area contributed by atoms with Crippen LogP contribution in [0.1, 0.15) is 11.1 Å². The summed E-state index contributed by atoms with van der Waals surface area (Å²) in [6, 6.07) is 10.4. The number of halogens is 2. The summed E-state index contributed by atoms with van der Waals surface area (Å²) in [6.07, 6.45) is 0. The van der Waals surface area contributed by atoms with Gasteiger partial charge in [-0.15, -0.1) is 0 Å². The summed E-state index contributed by atoms with van der Waals surface area (Å²) in [5, 5.41) is 0.183. The maximum atomic E-state index is 12.7. The van der Waals surface area contributed by atoms with Crippen molar-refractivity contribution in [3.05, 3.63) is 57.0 Å². The fraction of sp³-hybridized carbons (Fsp3) is 0.250. The molecule has 4 nitrogen and oxygen atoms in total. The first kappa shape index (κ1) is 18.3. The van der Waals surface area contributed by atoms with Crippen LogP contribution in [0, 0.1) is 6.92 Å². The fourth-order valence-corrected chi connectivity index (χ4v) is 4.36. The third-order valence-corrected chi connectivity index (χ3v) is 6.19. The van der Waals surface area contributed by atoms with E-state index < -0.39 is 10.0 Å². The second kappa shape index (κ2) is 7.21. The van der Waals surface area contributed by atoms with Gasteiger partial charge in [-0.3, -0.25) is 0 Å². The van der Waals surface area contributed by atoms with E-state index in [1.165, 1.54) is 17.4 Å². The molecule has 0 amide bonds. The lowest BCUT2D eigenvalue weighted by Gasteiger charge is -2.20. The van der Waals surface area contributed by atoms with Crippen molar-refractivity contribution in [1.82, 2.24) is 4.31 Å². The highest BCUT2D eigenvalue weighted by atomic mass is 79.9. The molecule has 124 valence electrons. The minimum Gasteiger partial charge on any atom is -0.496 e. The van der Waals surface area contributed by atoms with E-state index in [1.807, 2.05) is 25.1 Å². The number of benzene rings is 2. The fourth-order valence-electron chi connectivity index (χ4n) is 2.21. The van der Waals surface area contributed by atoms with Crippen molar-refractivity contribution >= 4 is 37.6 Å². The molecule has 7 heteroatoms. The smallest absolute Gasteiger partial charge is 0.244 e. The molecule has 0 spiro atoms. The Balaban J connectivity index is 2.36. The van der Waals surface area contributed by atoms with Crippen LogP contribution in [0.4, 0.5) is 0 Å². The van der Waals surface area contributed by atoms with Gasteiger partial charge in [0.2, 0.25) is 10.0 Å². The van der Waals surface area contributed by atoms with Crippen LogP contribution in [0.3, 0.4) is 0 Å². The Kier molecular flexibility index (Phi) is 5.73. The largest absolute Gasteiger partial charge is 0.496 e. The minimum atomic E-state index is -3.70. The Labute approximate surface area is 150 Å². The Bertz CT molecular complexity index is 824. The van der Waals surface area contributed by atoms with Crippen molar-refractivity contribution in [3.8, 4) is 5.75 Å². The summed E-state index contributed by atoms with van der Waals surface area (Å²) in [5.41, 5.74) is 1.83. The molecule has 2 aromatic rings. The Hall–Kier alpha value is -1.08. The second-order valence-corrected chi connectivity index (χ2v) is 8.49. The molecule has 0 saturated carbocycles. The Morgan fingerprint density at radius 2 is 1.91 bits per heavy atom. The van der Waals surface area contributed by atoms with E-state index in [2.05, 4.69) is 15.9 Å². The maximum absolute atomic E-state index is 12.7. The molecule has 0 saturated heterocycles. The third kappa shape index (κ3) is 4.07. The summed E-state index contributed by atoms with van der Waals surface area (Å²) in [7, 11) is -0.610. The van der Waals surface area contributed by atoms with Gasteiger partial charge in [0.15, 0.2) is 0 Å². The van der Waals surface area contributed by atoms with Crippen LogP contribution >= 0.6 is 27.5 Å². The van der Waals surface area contributed by atoms with E-state index >= 15 is 0 Å². The summed E-state index contributed by atoms with van der Waals surface area (Å²) < 4.78 is 32.8. The number of sulfonamides is 1. The van der Waals surface area contributed by atoms with Crippen molar-refractivity contribution in [3.63, 3.8) is 0 Å². The van der Waals surface area contributed by atoms with Gasteiger partial charge in [-0.05, 0) is 31.2 Å². The van der Waals surface area contributed by atoms with Crippen molar-refractivity contribution in [2.45, 2.75) is 18.4 Å². The average molecular weight is 419 g/mol. The topological polar surface area (TPSA) is 46.6 Å². The molecule has 0 aromatic heterocycles. The van der Waals surface area contributed by atoms with E-state index in [-0.39, 0.29) is 16.5 Å². The Morgan fingerprint density at radius 1 is 1.22 bits per heavy atom. The second-order valence-electron chi connectivity index (χ2n) is 5.15. The van der Waals surface area contributed by atoms with E-state index in [9.17, 15) is 8.42 Å². The normalized spacial score (nSPS) is 11.7. The van der Waals surface area contributed by atoms with E-state index in [0.717, 1.165) is 15.6 Å². The molecule has 0 aliphatic rings. The molecule has 0 unspecified atom stereocenters. The molecule has 0 aliphatic heterocycles.